The van der Waals surface area contributed by atoms with Gasteiger partial charge in [0.15, 0.2) is 0 Å². The molecule has 19 heavy (non-hydrogen) atoms. The third kappa shape index (κ3) is 2.55. The summed E-state index contributed by atoms with van der Waals surface area (Å²) in [4.78, 5) is 0. The van der Waals surface area contributed by atoms with Gasteiger partial charge in [-0.05, 0) is 64.4 Å². The van der Waals surface area contributed by atoms with Crippen LogP contribution in [0.2, 0.25) is 0 Å². The fraction of sp³-hybridized carbons (Fsp3) is 0.222. The second kappa shape index (κ2) is 5.31. The molecule has 0 aliphatic carbocycles. The number of hydrogen-bond acceptors (Lipinski definition) is 1. The smallest absolute Gasteiger partial charge is 0.119 e. The topological polar surface area (TPSA) is 9.23 Å². The molecule has 0 saturated heterocycles. The molecule has 0 aliphatic heterocycles. The highest BCUT2D eigenvalue weighted by molar-refractivity contribution is 5.98. The zero-order chi connectivity index (χ0) is 13.1. The van der Waals surface area contributed by atoms with Crippen molar-refractivity contribution < 1.29 is 4.74 Å². The molecule has 0 N–H and O–H groups in total. The van der Waals surface area contributed by atoms with Crippen molar-refractivity contribution in [3.05, 3.63) is 54.6 Å². The van der Waals surface area contributed by atoms with Crippen LogP contribution in [0.1, 0.15) is 19.8 Å². The Morgan fingerprint density at radius 2 is 1.79 bits per heavy atom. The summed E-state index contributed by atoms with van der Waals surface area (Å²) < 4.78 is 5.76. The second-order valence-corrected chi connectivity index (χ2v) is 4.84. The van der Waals surface area contributed by atoms with Gasteiger partial charge in [-0.25, -0.2) is 0 Å². The van der Waals surface area contributed by atoms with Crippen LogP contribution in [0, 0.1) is 6.07 Å². The number of fused-ring (bicyclic) bond motifs is 2. The van der Waals surface area contributed by atoms with E-state index in [9.17, 15) is 0 Å². The van der Waals surface area contributed by atoms with Gasteiger partial charge in [-0.3, -0.25) is 0 Å². The summed E-state index contributed by atoms with van der Waals surface area (Å²) in [6.45, 7) is 2.97. The molecule has 3 aromatic carbocycles. The first-order chi connectivity index (χ1) is 9.36. The largest absolute Gasteiger partial charge is 0.494 e. The molecule has 0 spiro atoms. The van der Waals surface area contributed by atoms with Crippen LogP contribution in [0.4, 0.5) is 0 Å². The number of ether oxygens (including phenoxy) is 1. The molecule has 0 heterocycles. The van der Waals surface area contributed by atoms with Crippen molar-refractivity contribution in [2.75, 3.05) is 6.61 Å². The molecule has 0 saturated carbocycles. The van der Waals surface area contributed by atoms with E-state index in [-0.39, 0.29) is 0 Å². The minimum Gasteiger partial charge on any atom is -0.494 e. The maximum Gasteiger partial charge on any atom is 0.119 e. The van der Waals surface area contributed by atoms with Crippen LogP contribution in [-0.4, -0.2) is 6.61 Å². The van der Waals surface area contributed by atoms with E-state index in [1.807, 2.05) is 12.1 Å². The molecule has 0 aliphatic rings. The normalized spacial score (nSPS) is 11.0. The standard InChI is InChI=1S/C18H17O/c1-2-3-10-19-18-9-8-16-11-14-6-4-5-7-15(14)12-17(16)13-18/h5-9,11-13H,2-3,10H2,1H3. The number of unbranched alkanes of at least 4 members (excludes halogenated alkanes) is 1. The quantitative estimate of drug-likeness (QED) is 0.468. The Labute approximate surface area is 113 Å². The van der Waals surface area contributed by atoms with E-state index in [0.717, 1.165) is 25.2 Å². The van der Waals surface area contributed by atoms with Crippen LogP contribution < -0.4 is 4.74 Å². The summed E-state index contributed by atoms with van der Waals surface area (Å²) >= 11 is 0. The van der Waals surface area contributed by atoms with Gasteiger partial charge in [-0.2, -0.15) is 0 Å². The predicted octanol–water partition coefficient (Wildman–Crippen LogP) is 4.97. The van der Waals surface area contributed by atoms with Crippen molar-refractivity contribution in [1.29, 1.82) is 0 Å². The number of benzene rings is 3. The Bertz CT molecular complexity index is 700. The molecular weight excluding hydrogens is 232 g/mol. The van der Waals surface area contributed by atoms with Gasteiger partial charge >= 0.3 is 0 Å². The lowest BCUT2D eigenvalue weighted by Gasteiger charge is -2.07. The van der Waals surface area contributed by atoms with Gasteiger partial charge in [0.25, 0.3) is 0 Å². The molecule has 3 rings (SSSR count). The van der Waals surface area contributed by atoms with Crippen LogP contribution >= 0.6 is 0 Å². The average Bonchev–Trinajstić information content (AvgIpc) is 2.45. The van der Waals surface area contributed by atoms with E-state index in [1.165, 1.54) is 21.5 Å². The fourth-order valence-corrected chi connectivity index (χ4v) is 2.28. The first kappa shape index (κ1) is 12.0. The van der Waals surface area contributed by atoms with Crippen molar-refractivity contribution in [2.45, 2.75) is 19.8 Å². The Kier molecular flexibility index (Phi) is 3.37. The lowest BCUT2D eigenvalue weighted by molar-refractivity contribution is 0.310. The zero-order valence-electron chi connectivity index (χ0n) is 11.1. The minimum atomic E-state index is 0.796. The van der Waals surface area contributed by atoms with Gasteiger partial charge in [0.05, 0.1) is 6.61 Å². The van der Waals surface area contributed by atoms with Crippen LogP contribution in [0.25, 0.3) is 21.5 Å². The molecule has 0 amide bonds. The Morgan fingerprint density at radius 3 is 2.68 bits per heavy atom. The number of rotatable bonds is 4. The lowest BCUT2D eigenvalue weighted by Crippen LogP contribution is -1.95. The summed E-state index contributed by atoms with van der Waals surface area (Å²) in [6.07, 6.45) is 2.26. The third-order valence-corrected chi connectivity index (χ3v) is 3.38. The average molecular weight is 249 g/mol. The summed E-state index contributed by atoms with van der Waals surface area (Å²) in [6, 6.07) is 19.9. The van der Waals surface area contributed by atoms with E-state index >= 15 is 0 Å². The van der Waals surface area contributed by atoms with E-state index in [2.05, 4.69) is 49.4 Å². The Balaban J connectivity index is 1.99. The summed E-state index contributed by atoms with van der Waals surface area (Å²) in [5, 5.41) is 4.95. The van der Waals surface area contributed by atoms with Crippen molar-refractivity contribution in [3.63, 3.8) is 0 Å². The molecule has 95 valence electrons. The van der Waals surface area contributed by atoms with E-state index < -0.39 is 0 Å². The fourth-order valence-electron chi connectivity index (χ4n) is 2.28. The van der Waals surface area contributed by atoms with Gasteiger partial charge in [-0.1, -0.05) is 31.5 Å². The maximum atomic E-state index is 5.76. The van der Waals surface area contributed by atoms with E-state index in [1.54, 1.807) is 0 Å². The first-order valence-electron chi connectivity index (χ1n) is 6.83. The molecule has 0 bridgehead atoms. The van der Waals surface area contributed by atoms with Crippen LogP contribution in [0.3, 0.4) is 0 Å². The van der Waals surface area contributed by atoms with Gasteiger partial charge in [-0.15, -0.1) is 0 Å². The SMILES string of the molecule is CCCCOc1ccc2cc3c[c]ccc3cc2c1. The third-order valence-electron chi connectivity index (χ3n) is 3.38. The van der Waals surface area contributed by atoms with E-state index in [4.69, 9.17) is 4.74 Å². The highest BCUT2D eigenvalue weighted by atomic mass is 16.5. The van der Waals surface area contributed by atoms with Gasteiger partial charge < -0.3 is 4.74 Å². The first-order valence-corrected chi connectivity index (χ1v) is 6.83. The van der Waals surface area contributed by atoms with Gasteiger partial charge in [0, 0.05) is 0 Å². The van der Waals surface area contributed by atoms with Crippen LogP contribution in [0.15, 0.2) is 48.5 Å². The molecule has 0 atom stereocenters. The van der Waals surface area contributed by atoms with Crippen molar-refractivity contribution in [2.24, 2.45) is 0 Å². The van der Waals surface area contributed by atoms with Crippen molar-refractivity contribution >= 4 is 21.5 Å². The lowest BCUT2D eigenvalue weighted by atomic mass is 10.0. The van der Waals surface area contributed by atoms with Crippen molar-refractivity contribution in [3.8, 4) is 5.75 Å². The van der Waals surface area contributed by atoms with E-state index in [0.29, 0.717) is 0 Å². The summed E-state index contributed by atoms with van der Waals surface area (Å²) in [7, 11) is 0. The van der Waals surface area contributed by atoms with Crippen LogP contribution in [-0.2, 0) is 0 Å². The molecule has 1 radical (unpaired) electrons. The van der Waals surface area contributed by atoms with Gasteiger partial charge in [0.1, 0.15) is 5.75 Å². The summed E-state index contributed by atoms with van der Waals surface area (Å²) in [5.41, 5.74) is 0. The Morgan fingerprint density at radius 1 is 0.947 bits per heavy atom. The number of hydrogen-bond donors (Lipinski definition) is 0. The molecule has 1 nitrogen and oxygen atoms in total. The molecule has 1 heteroatoms. The molecule has 0 fully saturated rings. The molecule has 0 aromatic heterocycles. The van der Waals surface area contributed by atoms with Crippen molar-refractivity contribution in [1.82, 2.24) is 0 Å². The molecule has 3 aromatic rings. The zero-order valence-corrected chi connectivity index (χ0v) is 11.1. The minimum absolute atomic E-state index is 0.796. The second-order valence-electron chi connectivity index (χ2n) is 4.84. The summed E-state index contributed by atoms with van der Waals surface area (Å²) in [5.74, 6) is 0.961. The monoisotopic (exact) mass is 249 g/mol. The van der Waals surface area contributed by atoms with Crippen LogP contribution in [0.5, 0.6) is 5.75 Å². The van der Waals surface area contributed by atoms with Gasteiger partial charge in [0.2, 0.25) is 0 Å². The predicted molar refractivity (Wildman–Crippen MR) is 80.7 cm³/mol. The molecular formula is C18H17O. The highest BCUT2D eigenvalue weighted by Crippen LogP contribution is 2.26. The highest BCUT2D eigenvalue weighted by Gasteiger charge is 2.00. The molecule has 0 unspecified atom stereocenters. The Hall–Kier alpha value is -2.02. The maximum absolute atomic E-state index is 5.76.